The predicted octanol–water partition coefficient (Wildman–Crippen LogP) is 6.73. The molecule has 7 atom stereocenters. The Balaban J connectivity index is 1.05. The number of thioether (sulfide) groups is 1. The number of benzene rings is 3. The number of nitrogens with zero attached hydrogens (tertiary/aromatic N) is 1. The third-order valence-corrected chi connectivity index (χ3v) is 13.4. The molecule has 3 fully saturated rings. The molecule has 3 heterocycles. The second-order valence-electron chi connectivity index (χ2n) is 13.8. The lowest BCUT2D eigenvalue weighted by Gasteiger charge is -2.43. The van der Waals surface area contributed by atoms with Gasteiger partial charge < -0.3 is 24.5 Å². The number of esters is 1. The zero-order valence-corrected chi connectivity index (χ0v) is 31.0. The maximum atomic E-state index is 14.1. The molecule has 3 aromatic carbocycles. The number of halogens is 3. The fourth-order valence-corrected chi connectivity index (χ4v) is 11.7. The number of ether oxygens (including phenoxy) is 3. The van der Waals surface area contributed by atoms with Crippen molar-refractivity contribution in [1.29, 1.82) is 0 Å². The molecular formula is C39H34F3N3O8S2. The van der Waals surface area contributed by atoms with Gasteiger partial charge in [0.05, 0.1) is 46.9 Å². The number of amides is 3. The van der Waals surface area contributed by atoms with E-state index in [-0.39, 0.29) is 59.3 Å². The molecule has 8 rings (SSSR count). The monoisotopic (exact) mass is 793 g/mol. The first-order chi connectivity index (χ1) is 26.4. The minimum Gasteiger partial charge on any atom is -0.490 e. The van der Waals surface area contributed by atoms with Gasteiger partial charge in [0, 0.05) is 21.7 Å². The van der Waals surface area contributed by atoms with Gasteiger partial charge in [-0.25, -0.2) is 4.79 Å². The number of rotatable bonds is 10. The summed E-state index contributed by atoms with van der Waals surface area (Å²) in [7, 11) is 0. The van der Waals surface area contributed by atoms with E-state index in [0.717, 1.165) is 38.8 Å². The number of hydrogen-bond acceptors (Lipinski definition) is 10. The van der Waals surface area contributed by atoms with Gasteiger partial charge in [0.25, 0.3) is 5.91 Å². The van der Waals surface area contributed by atoms with Crippen LogP contribution < -0.4 is 24.6 Å². The SMILES string of the molecule is CCOC(=O)c1ccc(NC(=O)COc2ccc([C@H]3c4sc(=O)[nH]c4SC4C5CC(C6C(=O)N(c7cccc(C(F)(F)F)c7)C(=O)C56)C43)cc2OCC)cc1. The Labute approximate surface area is 320 Å². The van der Waals surface area contributed by atoms with E-state index < -0.39 is 47.3 Å². The lowest BCUT2D eigenvalue weighted by atomic mass is 9.68. The summed E-state index contributed by atoms with van der Waals surface area (Å²) >= 11 is 2.59. The van der Waals surface area contributed by atoms with Crippen LogP contribution in [0.2, 0.25) is 0 Å². The van der Waals surface area contributed by atoms with E-state index >= 15 is 0 Å². The van der Waals surface area contributed by atoms with Crippen molar-refractivity contribution >= 4 is 58.2 Å². The Morgan fingerprint density at radius 1 is 0.909 bits per heavy atom. The summed E-state index contributed by atoms with van der Waals surface area (Å²) in [4.78, 5) is 70.0. The highest BCUT2D eigenvalue weighted by Crippen LogP contribution is 2.69. The lowest BCUT2D eigenvalue weighted by molar-refractivity contribution is -0.137. The molecule has 3 amide bonds. The minimum absolute atomic E-state index is 0.0910. The van der Waals surface area contributed by atoms with Gasteiger partial charge in [0.15, 0.2) is 18.1 Å². The number of thiazole rings is 1. The Bertz CT molecular complexity index is 2260. The number of alkyl halides is 3. The lowest BCUT2D eigenvalue weighted by Crippen LogP contribution is -2.42. The zero-order chi connectivity index (χ0) is 38.8. The molecule has 11 nitrogen and oxygen atoms in total. The standard InChI is InChI=1S/C39H34F3N3O8S2/c1-3-51-26-14-19(10-13-25(26)53-17-27(46)43-21-11-8-18(9-12-21)37(49)52-4-2)28-29-23-16-24(32(29)54-34-33(28)55-38(50)44-34)31-30(23)35(47)45(36(31)48)22-7-5-6-20(15-22)39(40,41)42/h5-15,23-24,28-32H,3-4,16-17H2,1-2H3,(H,43,46)(H,44,50)/t23?,24?,28-,29?,30?,31?,32?/m1/s1. The Morgan fingerprint density at radius 3 is 2.36 bits per heavy atom. The van der Waals surface area contributed by atoms with E-state index in [9.17, 15) is 37.1 Å². The molecule has 2 bridgehead atoms. The van der Waals surface area contributed by atoms with Gasteiger partial charge in [-0.3, -0.25) is 24.1 Å². The number of aromatic nitrogens is 1. The smallest absolute Gasteiger partial charge is 0.416 e. The van der Waals surface area contributed by atoms with Crippen molar-refractivity contribution in [3.63, 3.8) is 0 Å². The third-order valence-electron chi connectivity index (χ3n) is 10.8. The van der Waals surface area contributed by atoms with Crippen molar-refractivity contribution in [3.05, 3.63) is 98.0 Å². The summed E-state index contributed by atoms with van der Waals surface area (Å²) in [5.41, 5.74) is 0.575. The minimum atomic E-state index is -4.64. The fourth-order valence-electron chi connectivity index (χ4n) is 8.82. The second kappa shape index (κ2) is 14.2. The largest absolute Gasteiger partial charge is 0.490 e. The molecule has 6 unspecified atom stereocenters. The molecule has 4 aromatic rings. The molecule has 2 aliphatic heterocycles. The van der Waals surface area contributed by atoms with Gasteiger partial charge in [-0.15, -0.1) is 11.8 Å². The third kappa shape index (κ3) is 6.48. The average molecular weight is 794 g/mol. The summed E-state index contributed by atoms with van der Waals surface area (Å²) in [5.74, 6) is -3.63. The normalized spacial score (nSPS) is 25.0. The first-order valence-electron chi connectivity index (χ1n) is 17.8. The maximum absolute atomic E-state index is 14.1. The van der Waals surface area contributed by atoms with Crippen LogP contribution in [-0.2, 0) is 25.3 Å². The van der Waals surface area contributed by atoms with Crippen molar-refractivity contribution in [3.8, 4) is 11.5 Å². The molecule has 0 radical (unpaired) electrons. The number of H-pyrrole nitrogens is 1. The van der Waals surface area contributed by atoms with E-state index in [1.54, 1.807) is 44.2 Å². The topological polar surface area (TPSA) is 144 Å². The Kier molecular flexibility index (Phi) is 9.52. The zero-order valence-electron chi connectivity index (χ0n) is 29.4. The van der Waals surface area contributed by atoms with E-state index in [4.69, 9.17) is 14.2 Å². The van der Waals surface area contributed by atoms with Crippen molar-refractivity contribution < 1.29 is 46.6 Å². The van der Waals surface area contributed by atoms with Crippen molar-refractivity contribution in [2.75, 3.05) is 30.0 Å². The van der Waals surface area contributed by atoms with Crippen LogP contribution in [0.1, 0.15) is 52.5 Å². The van der Waals surface area contributed by atoms with Gasteiger partial charge in [-0.05, 0) is 98.2 Å². The van der Waals surface area contributed by atoms with E-state index in [2.05, 4.69) is 10.3 Å². The fraction of sp³-hybridized carbons (Fsp3) is 0.359. The summed E-state index contributed by atoms with van der Waals surface area (Å²) in [6, 6.07) is 15.9. The highest BCUT2D eigenvalue weighted by Gasteiger charge is 2.69. The molecule has 55 heavy (non-hydrogen) atoms. The van der Waals surface area contributed by atoms with Crippen LogP contribution in [0.25, 0.3) is 0 Å². The van der Waals surface area contributed by atoms with Crippen LogP contribution in [-0.4, -0.2) is 53.7 Å². The number of carbonyl (C=O) groups is 4. The second-order valence-corrected chi connectivity index (χ2v) is 16.0. The number of anilines is 2. The first-order valence-corrected chi connectivity index (χ1v) is 19.5. The molecule has 1 aromatic heterocycles. The van der Waals surface area contributed by atoms with Crippen LogP contribution in [0.5, 0.6) is 11.5 Å². The summed E-state index contributed by atoms with van der Waals surface area (Å²) in [6.45, 7) is 3.70. The molecule has 286 valence electrons. The van der Waals surface area contributed by atoms with E-state index in [1.807, 2.05) is 12.1 Å². The molecule has 1 saturated heterocycles. The Hall–Kier alpha value is -5.09. The van der Waals surface area contributed by atoms with Crippen LogP contribution in [0.3, 0.4) is 0 Å². The van der Waals surface area contributed by atoms with Gasteiger partial charge >= 0.3 is 17.0 Å². The molecule has 0 spiro atoms. The Morgan fingerprint density at radius 2 is 1.65 bits per heavy atom. The van der Waals surface area contributed by atoms with E-state index in [1.165, 1.54) is 23.9 Å². The molecule has 2 saturated carbocycles. The number of imide groups is 1. The van der Waals surface area contributed by atoms with Gasteiger partial charge in [0.1, 0.15) is 0 Å². The number of carbonyl (C=O) groups excluding carboxylic acids is 4. The summed E-state index contributed by atoms with van der Waals surface area (Å²) in [5, 5.41) is 3.28. The summed E-state index contributed by atoms with van der Waals surface area (Å²) in [6.07, 6.45) is -4.04. The molecule has 2 N–H and O–H groups in total. The summed E-state index contributed by atoms with van der Waals surface area (Å²) < 4.78 is 57.7. The van der Waals surface area contributed by atoms with Crippen LogP contribution in [0.4, 0.5) is 24.5 Å². The van der Waals surface area contributed by atoms with Crippen LogP contribution >= 0.6 is 23.1 Å². The average Bonchev–Trinajstić information content (AvgIpc) is 3.90. The predicted molar refractivity (Wildman–Crippen MR) is 197 cm³/mol. The highest BCUT2D eigenvalue weighted by molar-refractivity contribution is 8.00. The molecular weight excluding hydrogens is 760 g/mol. The number of fused-ring (bicyclic) bond motifs is 9. The number of aromatic amines is 1. The van der Waals surface area contributed by atoms with Crippen molar-refractivity contribution in [2.45, 2.75) is 42.6 Å². The number of hydrogen-bond donors (Lipinski definition) is 2. The molecule has 4 aliphatic rings. The quantitative estimate of drug-likeness (QED) is 0.132. The van der Waals surface area contributed by atoms with Crippen molar-refractivity contribution in [2.24, 2.45) is 29.6 Å². The maximum Gasteiger partial charge on any atom is 0.416 e. The van der Waals surface area contributed by atoms with Crippen molar-refractivity contribution in [1.82, 2.24) is 4.98 Å². The van der Waals surface area contributed by atoms with E-state index in [0.29, 0.717) is 34.2 Å². The van der Waals surface area contributed by atoms with Gasteiger partial charge in [-0.1, -0.05) is 23.5 Å². The molecule has 2 aliphatic carbocycles. The molecule has 16 heteroatoms. The van der Waals surface area contributed by atoms with Gasteiger partial charge in [0.2, 0.25) is 11.8 Å². The van der Waals surface area contributed by atoms with Crippen LogP contribution in [0, 0.1) is 29.6 Å². The van der Waals surface area contributed by atoms with Crippen LogP contribution in [0.15, 0.2) is 76.6 Å². The van der Waals surface area contributed by atoms with Gasteiger partial charge in [-0.2, -0.15) is 13.2 Å². The first kappa shape index (κ1) is 36.9. The highest BCUT2D eigenvalue weighted by atomic mass is 32.2. The number of nitrogens with one attached hydrogen (secondary N) is 2.